The number of H-pyrrole nitrogens is 1. The third-order valence-electron chi connectivity index (χ3n) is 7.09. The van der Waals surface area contributed by atoms with Crippen molar-refractivity contribution in [1.82, 2.24) is 19.9 Å². The molecule has 7 heteroatoms. The fourth-order valence-corrected chi connectivity index (χ4v) is 5.25. The molecule has 3 aromatic heterocycles. The number of imidazole rings is 1. The van der Waals surface area contributed by atoms with E-state index < -0.39 is 0 Å². The molecule has 0 atom stereocenters. The molecule has 7 nitrogen and oxygen atoms in total. The topological polar surface area (TPSA) is 90.5 Å². The Morgan fingerprint density at radius 1 is 1.06 bits per heavy atom. The number of aryl methyl sites for hydroxylation is 1. The van der Waals surface area contributed by atoms with Crippen molar-refractivity contribution in [1.29, 1.82) is 0 Å². The molecule has 2 aliphatic rings. The van der Waals surface area contributed by atoms with Crippen LogP contribution in [0.2, 0.25) is 0 Å². The number of fused-ring (bicyclic) bond motifs is 1. The van der Waals surface area contributed by atoms with E-state index in [1.54, 1.807) is 6.26 Å². The zero-order valence-electron chi connectivity index (χ0n) is 18.9. The van der Waals surface area contributed by atoms with Crippen LogP contribution in [-0.4, -0.2) is 43.9 Å². The second-order valence-corrected chi connectivity index (χ2v) is 9.18. The van der Waals surface area contributed by atoms with Crippen LogP contribution in [0.15, 0.2) is 70.9 Å². The summed E-state index contributed by atoms with van der Waals surface area (Å²) in [5.41, 5.74) is 8.42. The number of hydrogen-bond acceptors (Lipinski definition) is 6. The summed E-state index contributed by atoms with van der Waals surface area (Å²) in [5.74, 6) is 1.46. The van der Waals surface area contributed by atoms with Crippen molar-refractivity contribution in [2.75, 3.05) is 13.1 Å². The first-order chi connectivity index (χ1) is 16.8. The van der Waals surface area contributed by atoms with Gasteiger partial charge in [0.15, 0.2) is 0 Å². The molecular weight excluding hydrogens is 426 g/mol. The normalized spacial score (nSPS) is 17.9. The highest BCUT2D eigenvalue weighted by molar-refractivity contribution is 6.04. The van der Waals surface area contributed by atoms with Gasteiger partial charge in [0.25, 0.3) is 0 Å². The molecule has 1 fully saturated rings. The zero-order chi connectivity index (χ0) is 22.9. The summed E-state index contributed by atoms with van der Waals surface area (Å²) in [6.45, 7) is 3.01. The predicted octanol–water partition coefficient (Wildman–Crippen LogP) is 5.24. The van der Waals surface area contributed by atoms with Crippen molar-refractivity contribution in [3.05, 3.63) is 83.8 Å². The lowest BCUT2D eigenvalue weighted by molar-refractivity contribution is 0.201. The molecule has 1 aliphatic carbocycles. The molecule has 0 radical (unpaired) electrons. The van der Waals surface area contributed by atoms with E-state index in [0.717, 1.165) is 84.9 Å². The number of hydrogen-bond donors (Lipinski definition) is 2. The third kappa shape index (κ3) is 3.92. The lowest BCUT2D eigenvalue weighted by Gasteiger charge is -2.30. The van der Waals surface area contributed by atoms with Crippen LogP contribution < -0.4 is 0 Å². The molecule has 6 rings (SSSR count). The molecule has 1 aromatic carbocycles. The molecule has 2 N–H and O–H groups in total. The van der Waals surface area contributed by atoms with Gasteiger partial charge < -0.3 is 14.6 Å². The number of pyridine rings is 1. The molecule has 0 saturated carbocycles. The first kappa shape index (κ1) is 20.9. The number of aromatic amines is 1. The Morgan fingerprint density at radius 2 is 1.91 bits per heavy atom. The molecule has 4 aromatic rings. The Hall–Kier alpha value is -3.71. The Labute approximate surface area is 198 Å². The van der Waals surface area contributed by atoms with E-state index in [2.05, 4.69) is 38.2 Å². The summed E-state index contributed by atoms with van der Waals surface area (Å²) in [5, 5.41) is 12.8. The molecule has 0 bridgehead atoms. The van der Waals surface area contributed by atoms with Gasteiger partial charge in [-0.15, -0.1) is 0 Å². The van der Waals surface area contributed by atoms with Gasteiger partial charge in [0.05, 0.1) is 29.6 Å². The number of nitrogens with zero attached hydrogens (tertiary/aromatic N) is 4. The maximum absolute atomic E-state index is 9.29. The van der Waals surface area contributed by atoms with E-state index in [-0.39, 0.29) is 0 Å². The number of benzene rings is 1. The molecule has 1 saturated heterocycles. The lowest BCUT2D eigenvalue weighted by Crippen LogP contribution is -2.32. The highest BCUT2D eigenvalue weighted by Gasteiger charge is 2.26. The standard InChI is InChI=1S/C27H27N5O2/c33-31-24-4-2-21-15-22(1-3-23(21)24)26-25(19-5-10-28-11-6-19)29-27(30-26)20-7-12-32(13-8-20)16-18-9-14-34-17-18/h1,3,5-6,9-11,14-15,17,20,33H,2,4,7-8,12-13,16H2,(H,29,30). The Kier molecular flexibility index (Phi) is 5.47. The lowest BCUT2D eigenvalue weighted by atomic mass is 9.96. The van der Waals surface area contributed by atoms with Crippen molar-refractivity contribution >= 4 is 5.71 Å². The maximum atomic E-state index is 9.29. The molecule has 34 heavy (non-hydrogen) atoms. The molecule has 0 spiro atoms. The van der Waals surface area contributed by atoms with E-state index in [4.69, 9.17) is 9.40 Å². The zero-order valence-corrected chi connectivity index (χ0v) is 18.9. The number of nitrogens with one attached hydrogen (secondary N) is 1. The molecule has 0 unspecified atom stereocenters. The molecule has 172 valence electrons. The second kappa shape index (κ2) is 8.91. The minimum Gasteiger partial charge on any atom is -0.472 e. The number of oxime groups is 1. The highest BCUT2D eigenvalue weighted by atomic mass is 16.4. The van der Waals surface area contributed by atoms with Gasteiger partial charge in [-0.3, -0.25) is 9.88 Å². The smallest absolute Gasteiger partial charge is 0.110 e. The average Bonchev–Trinajstić information content (AvgIpc) is 3.64. The van der Waals surface area contributed by atoms with E-state index in [0.29, 0.717) is 5.92 Å². The van der Waals surface area contributed by atoms with E-state index in [1.165, 1.54) is 11.1 Å². The monoisotopic (exact) mass is 453 g/mol. The van der Waals surface area contributed by atoms with Crippen molar-refractivity contribution in [2.24, 2.45) is 5.16 Å². The SMILES string of the molecule is ON=C1CCc2cc(-c3nc(C4CCN(Cc5ccoc5)CC4)[nH]c3-c3ccncc3)ccc21. The van der Waals surface area contributed by atoms with E-state index >= 15 is 0 Å². The Balaban J connectivity index is 1.30. The van der Waals surface area contributed by atoms with Gasteiger partial charge >= 0.3 is 0 Å². The molecule has 0 amide bonds. The highest BCUT2D eigenvalue weighted by Crippen LogP contribution is 2.36. The summed E-state index contributed by atoms with van der Waals surface area (Å²) in [6, 6.07) is 12.4. The van der Waals surface area contributed by atoms with Crippen molar-refractivity contribution in [2.45, 2.75) is 38.1 Å². The number of furan rings is 1. The molecular formula is C27H27N5O2. The first-order valence-electron chi connectivity index (χ1n) is 11.9. The average molecular weight is 454 g/mol. The van der Waals surface area contributed by atoms with Crippen LogP contribution in [0.1, 0.15) is 47.7 Å². The van der Waals surface area contributed by atoms with Gasteiger partial charge in [-0.25, -0.2) is 4.98 Å². The maximum Gasteiger partial charge on any atom is 0.110 e. The van der Waals surface area contributed by atoms with Gasteiger partial charge in [-0.2, -0.15) is 0 Å². The number of aromatic nitrogens is 3. The van der Waals surface area contributed by atoms with Crippen LogP contribution in [0.4, 0.5) is 0 Å². The minimum atomic E-state index is 0.400. The van der Waals surface area contributed by atoms with Gasteiger partial charge in [0.2, 0.25) is 0 Å². The predicted molar refractivity (Wildman–Crippen MR) is 130 cm³/mol. The summed E-state index contributed by atoms with van der Waals surface area (Å²) in [7, 11) is 0. The fourth-order valence-electron chi connectivity index (χ4n) is 5.25. The Bertz CT molecular complexity index is 1300. The van der Waals surface area contributed by atoms with Gasteiger partial charge in [-0.1, -0.05) is 17.3 Å². The van der Waals surface area contributed by atoms with Crippen LogP contribution in [-0.2, 0) is 13.0 Å². The van der Waals surface area contributed by atoms with E-state index in [1.807, 2.05) is 36.9 Å². The second-order valence-electron chi connectivity index (χ2n) is 9.18. The van der Waals surface area contributed by atoms with Gasteiger partial charge in [-0.05, 0) is 68.6 Å². The number of piperidine rings is 1. The van der Waals surface area contributed by atoms with E-state index in [9.17, 15) is 5.21 Å². The van der Waals surface area contributed by atoms with Crippen LogP contribution in [0, 0.1) is 0 Å². The summed E-state index contributed by atoms with van der Waals surface area (Å²) in [6.07, 6.45) is 11.0. The van der Waals surface area contributed by atoms with Crippen molar-refractivity contribution < 1.29 is 9.62 Å². The quantitative estimate of drug-likeness (QED) is 0.319. The van der Waals surface area contributed by atoms with Gasteiger partial charge in [0, 0.05) is 47.1 Å². The molecule has 1 aliphatic heterocycles. The summed E-state index contributed by atoms with van der Waals surface area (Å²) < 4.78 is 5.22. The van der Waals surface area contributed by atoms with Crippen LogP contribution in [0.5, 0.6) is 0 Å². The number of rotatable bonds is 5. The minimum absolute atomic E-state index is 0.400. The van der Waals surface area contributed by atoms with Gasteiger partial charge in [0.1, 0.15) is 5.82 Å². The Morgan fingerprint density at radius 3 is 2.68 bits per heavy atom. The van der Waals surface area contributed by atoms with Crippen LogP contribution in [0.25, 0.3) is 22.5 Å². The van der Waals surface area contributed by atoms with Crippen LogP contribution in [0.3, 0.4) is 0 Å². The van der Waals surface area contributed by atoms with Crippen LogP contribution >= 0.6 is 0 Å². The fraction of sp³-hybridized carbons (Fsp3) is 0.296. The third-order valence-corrected chi connectivity index (χ3v) is 7.09. The first-order valence-corrected chi connectivity index (χ1v) is 11.9. The summed E-state index contributed by atoms with van der Waals surface area (Å²) >= 11 is 0. The number of likely N-dealkylation sites (tertiary alicyclic amines) is 1. The molecule has 4 heterocycles. The summed E-state index contributed by atoms with van der Waals surface area (Å²) in [4.78, 5) is 15.5. The largest absolute Gasteiger partial charge is 0.472 e. The van der Waals surface area contributed by atoms with Crippen molar-refractivity contribution in [3.63, 3.8) is 0 Å². The van der Waals surface area contributed by atoms with Crippen molar-refractivity contribution in [3.8, 4) is 22.5 Å².